The van der Waals surface area contributed by atoms with Gasteiger partial charge in [0, 0.05) is 39.7 Å². The second-order valence-corrected chi connectivity index (χ2v) is 5.15. The van der Waals surface area contributed by atoms with Crippen LogP contribution in [-0.4, -0.2) is 41.5 Å². The number of halogens is 1. The van der Waals surface area contributed by atoms with Crippen LogP contribution in [0.1, 0.15) is 30.3 Å². The molecule has 1 saturated heterocycles. The first kappa shape index (κ1) is 13.7. The van der Waals surface area contributed by atoms with Crippen molar-refractivity contribution in [3.8, 4) is 0 Å². The third kappa shape index (κ3) is 2.24. The van der Waals surface area contributed by atoms with Crippen molar-refractivity contribution in [2.75, 3.05) is 20.3 Å². The molecule has 0 amide bonds. The standard InChI is InChI=1S/C12H17BrN2O3/c1-3-15-10(9(13)8-14-15)11(16)12(17-2)4-6-18-7-5-12/h8H,3-7H2,1-2H3. The Balaban J connectivity index is 2.36. The first-order valence-electron chi connectivity index (χ1n) is 6.03. The summed E-state index contributed by atoms with van der Waals surface area (Å²) < 4.78 is 13.3. The van der Waals surface area contributed by atoms with Crippen molar-refractivity contribution in [1.82, 2.24) is 9.78 Å². The lowest BCUT2D eigenvalue weighted by atomic mass is 9.87. The number of rotatable bonds is 4. The summed E-state index contributed by atoms with van der Waals surface area (Å²) in [4.78, 5) is 12.7. The van der Waals surface area contributed by atoms with E-state index in [4.69, 9.17) is 9.47 Å². The fraction of sp³-hybridized carbons (Fsp3) is 0.667. The molecular weight excluding hydrogens is 300 g/mol. The lowest BCUT2D eigenvalue weighted by molar-refractivity contribution is -0.0667. The van der Waals surface area contributed by atoms with Gasteiger partial charge >= 0.3 is 0 Å². The van der Waals surface area contributed by atoms with E-state index in [0.717, 1.165) is 4.47 Å². The minimum absolute atomic E-state index is 0.0143. The number of aromatic nitrogens is 2. The summed E-state index contributed by atoms with van der Waals surface area (Å²) in [5, 5.41) is 4.18. The molecule has 0 atom stereocenters. The summed E-state index contributed by atoms with van der Waals surface area (Å²) in [7, 11) is 1.59. The summed E-state index contributed by atoms with van der Waals surface area (Å²) in [5.41, 5.74) is -0.186. The Labute approximate surface area is 115 Å². The summed E-state index contributed by atoms with van der Waals surface area (Å²) in [5.74, 6) is -0.0143. The Morgan fingerprint density at radius 2 is 2.28 bits per heavy atom. The summed E-state index contributed by atoms with van der Waals surface area (Å²) in [6.07, 6.45) is 2.83. The van der Waals surface area contributed by atoms with E-state index in [1.165, 1.54) is 0 Å². The Morgan fingerprint density at radius 1 is 1.61 bits per heavy atom. The van der Waals surface area contributed by atoms with Gasteiger partial charge in [0.2, 0.25) is 5.78 Å². The Morgan fingerprint density at radius 3 is 2.83 bits per heavy atom. The Bertz CT molecular complexity index is 439. The molecule has 1 aliphatic rings. The summed E-state index contributed by atoms with van der Waals surface area (Å²) in [6.45, 7) is 3.72. The molecule has 2 rings (SSSR count). The number of carbonyl (C=O) groups is 1. The van der Waals surface area contributed by atoms with Crippen LogP contribution in [0.15, 0.2) is 10.7 Å². The zero-order chi connectivity index (χ0) is 13.2. The van der Waals surface area contributed by atoms with Gasteiger partial charge in [-0.05, 0) is 22.9 Å². The molecule has 0 aromatic carbocycles. The van der Waals surface area contributed by atoms with Crippen molar-refractivity contribution in [3.63, 3.8) is 0 Å². The molecule has 1 aromatic rings. The lowest BCUT2D eigenvalue weighted by Crippen LogP contribution is -2.46. The number of carbonyl (C=O) groups excluding carboxylic acids is 1. The van der Waals surface area contributed by atoms with Gasteiger partial charge in [0.15, 0.2) is 0 Å². The largest absolute Gasteiger partial charge is 0.381 e. The number of aryl methyl sites for hydroxylation is 1. The van der Waals surface area contributed by atoms with Crippen LogP contribution in [0.2, 0.25) is 0 Å². The topological polar surface area (TPSA) is 53.4 Å². The van der Waals surface area contributed by atoms with Crippen molar-refractivity contribution >= 4 is 21.7 Å². The number of Topliss-reactive ketones (excluding diaryl/α,β-unsaturated/α-hetero) is 1. The van der Waals surface area contributed by atoms with Crippen LogP contribution < -0.4 is 0 Å². The molecule has 1 aromatic heterocycles. The smallest absolute Gasteiger partial charge is 0.213 e. The predicted octanol–water partition coefficient (Wildman–Crippen LogP) is 2.04. The van der Waals surface area contributed by atoms with Crippen molar-refractivity contribution in [2.45, 2.75) is 31.9 Å². The van der Waals surface area contributed by atoms with Gasteiger partial charge in [-0.3, -0.25) is 9.48 Å². The molecule has 0 bridgehead atoms. The SMILES string of the molecule is CCn1ncc(Br)c1C(=O)C1(OC)CCOCC1. The van der Waals surface area contributed by atoms with E-state index < -0.39 is 5.60 Å². The van der Waals surface area contributed by atoms with E-state index in [-0.39, 0.29) is 5.78 Å². The van der Waals surface area contributed by atoms with Gasteiger partial charge in [-0.25, -0.2) is 0 Å². The maximum atomic E-state index is 12.7. The van der Waals surface area contributed by atoms with E-state index in [0.29, 0.717) is 38.3 Å². The third-order valence-electron chi connectivity index (χ3n) is 3.41. The monoisotopic (exact) mass is 316 g/mol. The fourth-order valence-corrected chi connectivity index (χ4v) is 2.75. The normalized spacial score (nSPS) is 18.8. The minimum atomic E-state index is -0.770. The zero-order valence-electron chi connectivity index (χ0n) is 10.6. The van der Waals surface area contributed by atoms with Crippen LogP contribution in [0, 0.1) is 0 Å². The quantitative estimate of drug-likeness (QED) is 0.798. The fourth-order valence-electron chi connectivity index (χ4n) is 2.27. The van der Waals surface area contributed by atoms with Crippen LogP contribution in [0.25, 0.3) is 0 Å². The van der Waals surface area contributed by atoms with Gasteiger partial charge in [0.25, 0.3) is 0 Å². The average molecular weight is 317 g/mol. The molecule has 0 unspecified atom stereocenters. The Hall–Kier alpha value is -0.720. The number of hydrogen-bond acceptors (Lipinski definition) is 4. The molecule has 6 heteroatoms. The van der Waals surface area contributed by atoms with E-state index >= 15 is 0 Å². The maximum Gasteiger partial charge on any atom is 0.213 e. The number of ketones is 1. The first-order chi connectivity index (χ1) is 8.64. The predicted molar refractivity (Wildman–Crippen MR) is 69.7 cm³/mol. The number of hydrogen-bond donors (Lipinski definition) is 0. The third-order valence-corrected chi connectivity index (χ3v) is 3.99. The molecule has 2 heterocycles. The van der Waals surface area contributed by atoms with E-state index in [9.17, 15) is 4.79 Å². The number of nitrogens with zero attached hydrogens (tertiary/aromatic N) is 2. The van der Waals surface area contributed by atoms with Gasteiger partial charge in [-0.1, -0.05) is 0 Å². The molecule has 1 aliphatic heterocycles. The second-order valence-electron chi connectivity index (χ2n) is 4.30. The zero-order valence-corrected chi connectivity index (χ0v) is 12.2. The summed E-state index contributed by atoms with van der Waals surface area (Å²) in [6, 6.07) is 0. The van der Waals surface area contributed by atoms with Crippen LogP contribution in [-0.2, 0) is 16.0 Å². The highest BCUT2D eigenvalue weighted by Crippen LogP contribution is 2.31. The Kier molecular flexibility index (Phi) is 4.19. The molecule has 100 valence electrons. The molecule has 0 aliphatic carbocycles. The molecule has 0 spiro atoms. The van der Waals surface area contributed by atoms with Crippen molar-refractivity contribution in [2.24, 2.45) is 0 Å². The molecule has 18 heavy (non-hydrogen) atoms. The second kappa shape index (κ2) is 5.50. The molecular formula is C12H17BrN2O3. The maximum absolute atomic E-state index is 12.7. The van der Waals surface area contributed by atoms with Crippen LogP contribution in [0.4, 0.5) is 0 Å². The van der Waals surface area contributed by atoms with Crippen molar-refractivity contribution in [3.05, 3.63) is 16.4 Å². The van der Waals surface area contributed by atoms with Gasteiger partial charge in [0.1, 0.15) is 11.3 Å². The summed E-state index contributed by atoms with van der Waals surface area (Å²) >= 11 is 3.39. The van der Waals surface area contributed by atoms with Crippen LogP contribution in [0.3, 0.4) is 0 Å². The van der Waals surface area contributed by atoms with Crippen molar-refractivity contribution in [1.29, 1.82) is 0 Å². The highest BCUT2D eigenvalue weighted by Gasteiger charge is 2.42. The average Bonchev–Trinajstić information content (AvgIpc) is 2.79. The minimum Gasteiger partial charge on any atom is -0.381 e. The van der Waals surface area contributed by atoms with E-state index in [2.05, 4.69) is 21.0 Å². The molecule has 0 N–H and O–H groups in total. The van der Waals surface area contributed by atoms with Crippen LogP contribution in [0.5, 0.6) is 0 Å². The molecule has 0 saturated carbocycles. The molecule has 1 fully saturated rings. The van der Waals surface area contributed by atoms with Gasteiger partial charge in [-0.2, -0.15) is 5.10 Å². The van der Waals surface area contributed by atoms with Gasteiger partial charge in [0.05, 0.1) is 10.7 Å². The van der Waals surface area contributed by atoms with Gasteiger partial charge in [-0.15, -0.1) is 0 Å². The highest BCUT2D eigenvalue weighted by atomic mass is 79.9. The molecule has 5 nitrogen and oxygen atoms in total. The first-order valence-corrected chi connectivity index (χ1v) is 6.83. The molecule has 0 radical (unpaired) electrons. The highest BCUT2D eigenvalue weighted by molar-refractivity contribution is 9.10. The van der Waals surface area contributed by atoms with E-state index in [1.807, 2.05) is 6.92 Å². The van der Waals surface area contributed by atoms with Crippen molar-refractivity contribution < 1.29 is 14.3 Å². The van der Waals surface area contributed by atoms with Crippen LogP contribution >= 0.6 is 15.9 Å². The lowest BCUT2D eigenvalue weighted by Gasteiger charge is -2.34. The van der Waals surface area contributed by atoms with Gasteiger partial charge < -0.3 is 9.47 Å². The van der Waals surface area contributed by atoms with E-state index in [1.54, 1.807) is 18.0 Å². The number of ether oxygens (including phenoxy) is 2. The number of methoxy groups -OCH3 is 1.